The summed E-state index contributed by atoms with van der Waals surface area (Å²) in [6.45, 7) is 3.01. The minimum absolute atomic E-state index is 0.160. The van der Waals surface area contributed by atoms with Crippen LogP contribution in [0.5, 0.6) is 5.75 Å². The van der Waals surface area contributed by atoms with Crippen molar-refractivity contribution in [1.82, 2.24) is 0 Å². The second-order valence-electron chi connectivity index (χ2n) is 5.94. The molecule has 0 atom stereocenters. The largest absolute Gasteiger partial charge is 0.483 e. The van der Waals surface area contributed by atoms with Gasteiger partial charge in [-0.3, -0.25) is 9.59 Å². The van der Waals surface area contributed by atoms with Crippen molar-refractivity contribution in [3.05, 3.63) is 59.2 Å². The zero-order chi connectivity index (χ0) is 20.8. The maximum Gasteiger partial charge on any atom is 0.341 e. The Balaban J connectivity index is 1.77. The van der Waals surface area contributed by atoms with Crippen LogP contribution in [0.2, 0.25) is 0 Å². The number of hydrogen-bond acceptors (Lipinski definition) is 7. The number of ketones is 1. The molecule has 150 valence electrons. The number of carbonyl (C=O) groups excluding carboxylic acids is 3. The predicted octanol–water partition coefficient (Wildman–Crippen LogP) is 4.40. The lowest BCUT2D eigenvalue weighted by molar-refractivity contribution is -0.118. The quantitative estimate of drug-likeness (QED) is 0.434. The van der Waals surface area contributed by atoms with Crippen molar-refractivity contribution < 1.29 is 28.3 Å². The molecule has 1 amide bonds. The number of carbonyl (C=O) groups is 3. The molecule has 29 heavy (non-hydrogen) atoms. The predicted molar refractivity (Wildman–Crippen MR) is 109 cm³/mol. The van der Waals surface area contributed by atoms with Gasteiger partial charge in [0.1, 0.15) is 22.1 Å². The van der Waals surface area contributed by atoms with Gasteiger partial charge in [0, 0.05) is 10.9 Å². The molecule has 3 aromatic rings. The van der Waals surface area contributed by atoms with Crippen molar-refractivity contribution in [2.45, 2.75) is 13.8 Å². The van der Waals surface area contributed by atoms with Crippen LogP contribution in [-0.2, 0) is 9.53 Å². The molecule has 0 saturated heterocycles. The Morgan fingerprint density at radius 1 is 1.14 bits per heavy atom. The Labute approximate surface area is 171 Å². The van der Waals surface area contributed by atoms with Gasteiger partial charge < -0.3 is 19.2 Å². The minimum atomic E-state index is -0.557. The summed E-state index contributed by atoms with van der Waals surface area (Å²) >= 11 is 1.18. The van der Waals surface area contributed by atoms with Crippen molar-refractivity contribution in [1.29, 1.82) is 0 Å². The average molecular weight is 413 g/mol. The maximum atomic E-state index is 12.4. The normalized spacial score (nSPS) is 10.4. The molecule has 1 N–H and O–H groups in total. The van der Waals surface area contributed by atoms with E-state index in [1.807, 2.05) is 0 Å². The van der Waals surface area contributed by atoms with E-state index in [0.29, 0.717) is 27.6 Å². The molecule has 1 aromatic carbocycles. The van der Waals surface area contributed by atoms with Gasteiger partial charge >= 0.3 is 5.97 Å². The molecule has 2 heterocycles. The molecule has 0 aliphatic rings. The van der Waals surface area contributed by atoms with Crippen LogP contribution >= 0.6 is 11.3 Å². The van der Waals surface area contributed by atoms with Crippen LogP contribution in [0.25, 0.3) is 11.3 Å². The fourth-order valence-electron chi connectivity index (χ4n) is 2.66. The molecule has 0 aliphatic heterocycles. The van der Waals surface area contributed by atoms with Crippen molar-refractivity contribution in [3.63, 3.8) is 0 Å². The van der Waals surface area contributed by atoms with Gasteiger partial charge in [0.05, 0.1) is 18.4 Å². The molecule has 0 unspecified atom stereocenters. The van der Waals surface area contributed by atoms with Crippen LogP contribution in [0.15, 0.2) is 52.5 Å². The van der Waals surface area contributed by atoms with E-state index in [1.165, 1.54) is 24.5 Å². The monoisotopic (exact) mass is 413 g/mol. The van der Waals surface area contributed by atoms with Gasteiger partial charge in [0.15, 0.2) is 12.4 Å². The number of nitrogens with one attached hydrogen (secondary N) is 1. The third-order valence-electron chi connectivity index (χ3n) is 3.94. The maximum absolute atomic E-state index is 12.4. The second-order valence-corrected chi connectivity index (χ2v) is 6.82. The third kappa shape index (κ3) is 4.72. The highest BCUT2D eigenvalue weighted by molar-refractivity contribution is 7.15. The standard InChI is InChI=1S/C21H19NO6S/c1-3-26-21(25)19-15(17-9-6-10-27-17)12-29-20(19)22-18(24)11-28-16-8-5-4-7-14(16)13(2)23/h4-10,12H,3,11H2,1-2H3,(H,22,24). The molecule has 3 rings (SSSR count). The summed E-state index contributed by atoms with van der Waals surface area (Å²) in [6, 6.07) is 10.1. The molecular formula is C21H19NO6S. The first-order valence-electron chi connectivity index (χ1n) is 8.86. The first-order chi connectivity index (χ1) is 14.0. The number of ether oxygens (including phenoxy) is 2. The van der Waals surface area contributed by atoms with Crippen LogP contribution in [0.1, 0.15) is 34.6 Å². The first-order valence-corrected chi connectivity index (χ1v) is 9.74. The summed E-state index contributed by atoms with van der Waals surface area (Å²) in [5, 5.41) is 4.73. The highest BCUT2D eigenvalue weighted by atomic mass is 32.1. The summed E-state index contributed by atoms with van der Waals surface area (Å²) in [5.74, 6) is -0.369. The molecule has 0 fully saturated rings. The van der Waals surface area contributed by atoms with E-state index in [1.54, 1.807) is 48.7 Å². The van der Waals surface area contributed by atoms with E-state index in [0.717, 1.165) is 0 Å². The highest BCUT2D eigenvalue weighted by Gasteiger charge is 2.24. The second kappa shape index (κ2) is 9.20. The van der Waals surface area contributed by atoms with E-state index in [4.69, 9.17) is 13.9 Å². The number of benzene rings is 1. The van der Waals surface area contributed by atoms with Gasteiger partial charge in [-0.1, -0.05) is 12.1 Å². The minimum Gasteiger partial charge on any atom is -0.483 e. The summed E-state index contributed by atoms with van der Waals surface area (Å²) in [6.07, 6.45) is 1.50. The number of hydrogen-bond donors (Lipinski definition) is 1. The summed E-state index contributed by atoms with van der Waals surface area (Å²) in [7, 11) is 0. The van der Waals surface area contributed by atoms with Crippen LogP contribution in [-0.4, -0.2) is 30.9 Å². The summed E-state index contributed by atoms with van der Waals surface area (Å²) in [5.41, 5.74) is 1.16. The lowest BCUT2D eigenvalue weighted by atomic mass is 10.1. The molecular weight excluding hydrogens is 394 g/mol. The number of amides is 1. The van der Waals surface area contributed by atoms with Crippen molar-refractivity contribution in [2.24, 2.45) is 0 Å². The molecule has 0 radical (unpaired) electrons. The van der Waals surface area contributed by atoms with Crippen molar-refractivity contribution in [3.8, 4) is 17.1 Å². The zero-order valence-corrected chi connectivity index (χ0v) is 16.7. The number of esters is 1. The fourth-order valence-corrected chi connectivity index (χ4v) is 3.61. The van der Waals surface area contributed by atoms with Gasteiger partial charge in [0.25, 0.3) is 5.91 Å². The average Bonchev–Trinajstić information content (AvgIpc) is 3.36. The SMILES string of the molecule is CCOC(=O)c1c(-c2ccco2)csc1NC(=O)COc1ccccc1C(C)=O. The van der Waals surface area contributed by atoms with E-state index in [-0.39, 0.29) is 24.6 Å². The van der Waals surface area contributed by atoms with E-state index in [9.17, 15) is 14.4 Å². The Kier molecular flexibility index (Phi) is 6.46. The summed E-state index contributed by atoms with van der Waals surface area (Å²) < 4.78 is 16.0. The smallest absolute Gasteiger partial charge is 0.341 e. The van der Waals surface area contributed by atoms with Crippen LogP contribution in [0, 0.1) is 0 Å². The Bertz CT molecular complexity index is 1020. The topological polar surface area (TPSA) is 94.8 Å². The third-order valence-corrected chi connectivity index (χ3v) is 4.83. The van der Waals surface area contributed by atoms with Gasteiger partial charge in [0.2, 0.25) is 0 Å². The van der Waals surface area contributed by atoms with Crippen LogP contribution < -0.4 is 10.1 Å². The number of thiophene rings is 1. The Morgan fingerprint density at radius 2 is 1.93 bits per heavy atom. The van der Waals surface area contributed by atoms with Crippen molar-refractivity contribution in [2.75, 3.05) is 18.5 Å². The number of rotatable bonds is 8. The molecule has 2 aromatic heterocycles. The Hall–Kier alpha value is -3.39. The number of furan rings is 1. The highest BCUT2D eigenvalue weighted by Crippen LogP contribution is 2.36. The van der Waals surface area contributed by atoms with Crippen LogP contribution in [0.4, 0.5) is 5.00 Å². The van der Waals surface area contributed by atoms with Crippen molar-refractivity contribution >= 4 is 34.0 Å². The van der Waals surface area contributed by atoms with Crippen LogP contribution in [0.3, 0.4) is 0 Å². The van der Waals surface area contributed by atoms with E-state index in [2.05, 4.69) is 5.32 Å². The number of Topliss-reactive ketones (excluding diaryl/α,β-unsaturated/α-hetero) is 1. The zero-order valence-electron chi connectivity index (χ0n) is 15.9. The number of anilines is 1. The molecule has 0 aliphatic carbocycles. The molecule has 0 spiro atoms. The Morgan fingerprint density at radius 3 is 2.62 bits per heavy atom. The van der Waals surface area contributed by atoms with Gasteiger partial charge in [-0.15, -0.1) is 11.3 Å². The first kappa shape index (κ1) is 20.3. The molecule has 0 bridgehead atoms. The summed E-state index contributed by atoms with van der Waals surface area (Å²) in [4.78, 5) is 36.5. The lowest BCUT2D eigenvalue weighted by Gasteiger charge is -2.10. The van der Waals surface area contributed by atoms with Gasteiger partial charge in [-0.25, -0.2) is 4.79 Å². The molecule has 0 saturated carbocycles. The van der Waals surface area contributed by atoms with E-state index < -0.39 is 11.9 Å². The van der Waals surface area contributed by atoms with E-state index >= 15 is 0 Å². The molecule has 7 nitrogen and oxygen atoms in total. The fraction of sp³-hybridized carbons (Fsp3) is 0.190. The lowest BCUT2D eigenvalue weighted by Crippen LogP contribution is -2.21. The van der Waals surface area contributed by atoms with Gasteiger partial charge in [-0.05, 0) is 38.1 Å². The van der Waals surface area contributed by atoms with Gasteiger partial charge in [-0.2, -0.15) is 0 Å². The number of para-hydroxylation sites is 1. The molecule has 8 heteroatoms.